The third-order valence-corrected chi connectivity index (χ3v) is 4.08. The highest BCUT2D eigenvalue weighted by atomic mass is 16.2. The van der Waals surface area contributed by atoms with E-state index in [1.807, 2.05) is 16.7 Å². The van der Waals surface area contributed by atoms with Crippen LogP contribution in [0.1, 0.15) is 32.6 Å². The Morgan fingerprint density at radius 2 is 1.90 bits per heavy atom. The van der Waals surface area contributed by atoms with Crippen LogP contribution >= 0.6 is 0 Å². The molecule has 0 bridgehead atoms. The standard InChI is InChI=1S/C14H23N3O3/c1-2-13(19)16-6-3-7-17(9-8-16)14(20)11-4-5-12(18)15-10-11/h11H,2-10H2,1H3,(H,15,18). The van der Waals surface area contributed by atoms with E-state index in [9.17, 15) is 14.4 Å². The molecular formula is C14H23N3O3. The van der Waals surface area contributed by atoms with Crippen molar-refractivity contribution in [1.29, 1.82) is 0 Å². The zero-order valence-electron chi connectivity index (χ0n) is 12.1. The molecule has 0 spiro atoms. The Balaban J connectivity index is 1.88. The molecule has 0 radical (unpaired) electrons. The van der Waals surface area contributed by atoms with E-state index >= 15 is 0 Å². The van der Waals surface area contributed by atoms with Crippen LogP contribution in [-0.4, -0.2) is 60.2 Å². The van der Waals surface area contributed by atoms with Gasteiger partial charge >= 0.3 is 0 Å². The van der Waals surface area contributed by atoms with Gasteiger partial charge in [-0.15, -0.1) is 0 Å². The Morgan fingerprint density at radius 1 is 1.20 bits per heavy atom. The van der Waals surface area contributed by atoms with Crippen LogP contribution in [0.3, 0.4) is 0 Å². The van der Waals surface area contributed by atoms with Gasteiger partial charge in [0.15, 0.2) is 0 Å². The number of rotatable bonds is 2. The van der Waals surface area contributed by atoms with Crippen molar-refractivity contribution >= 4 is 17.7 Å². The highest BCUT2D eigenvalue weighted by molar-refractivity contribution is 5.84. The minimum absolute atomic E-state index is 0.0321. The number of carbonyl (C=O) groups excluding carboxylic acids is 3. The largest absolute Gasteiger partial charge is 0.355 e. The molecule has 2 aliphatic heterocycles. The monoisotopic (exact) mass is 281 g/mol. The number of nitrogens with one attached hydrogen (secondary N) is 1. The molecule has 2 fully saturated rings. The van der Waals surface area contributed by atoms with Gasteiger partial charge in [0.05, 0.1) is 5.92 Å². The summed E-state index contributed by atoms with van der Waals surface area (Å²) >= 11 is 0. The molecule has 1 unspecified atom stereocenters. The average molecular weight is 281 g/mol. The fraction of sp³-hybridized carbons (Fsp3) is 0.786. The van der Waals surface area contributed by atoms with Crippen LogP contribution in [0.2, 0.25) is 0 Å². The minimum atomic E-state index is -0.0962. The number of piperidine rings is 1. The molecule has 0 aromatic carbocycles. The van der Waals surface area contributed by atoms with Gasteiger partial charge in [0.1, 0.15) is 0 Å². The molecule has 2 saturated heterocycles. The summed E-state index contributed by atoms with van der Waals surface area (Å²) in [7, 11) is 0. The number of amides is 3. The van der Waals surface area contributed by atoms with Crippen molar-refractivity contribution in [2.75, 3.05) is 32.7 Å². The maximum absolute atomic E-state index is 12.4. The van der Waals surface area contributed by atoms with Crippen molar-refractivity contribution in [3.05, 3.63) is 0 Å². The maximum Gasteiger partial charge on any atom is 0.227 e. The molecule has 0 aliphatic carbocycles. The van der Waals surface area contributed by atoms with Crippen LogP contribution in [0.15, 0.2) is 0 Å². The van der Waals surface area contributed by atoms with Gasteiger partial charge in [0.25, 0.3) is 0 Å². The van der Waals surface area contributed by atoms with Crippen molar-refractivity contribution in [3.8, 4) is 0 Å². The molecule has 112 valence electrons. The number of hydrogen-bond acceptors (Lipinski definition) is 3. The highest BCUT2D eigenvalue weighted by Crippen LogP contribution is 2.16. The van der Waals surface area contributed by atoms with Crippen LogP contribution < -0.4 is 5.32 Å². The van der Waals surface area contributed by atoms with Crippen molar-refractivity contribution in [2.45, 2.75) is 32.6 Å². The average Bonchev–Trinajstić information content (AvgIpc) is 2.72. The lowest BCUT2D eigenvalue weighted by Crippen LogP contribution is -2.46. The van der Waals surface area contributed by atoms with Gasteiger partial charge in [0.2, 0.25) is 17.7 Å². The third kappa shape index (κ3) is 3.49. The fourth-order valence-electron chi connectivity index (χ4n) is 2.81. The lowest BCUT2D eigenvalue weighted by Gasteiger charge is -2.28. The topological polar surface area (TPSA) is 69.7 Å². The van der Waals surface area contributed by atoms with E-state index in [-0.39, 0.29) is 23.6 Å². The first-order valence-electron chi connectivity index (χ1n) is 7.45. The van der Waals surface area contributed by atoms with E-state index in [0.717, 1.165) is 13.0 Å². The van der Waals surface area contributed by atoms with Crippen LogP contribution in [0, 0.1) is 5.92 Å². The Kier molecular flexibility index (Phi) is 4.98. The van der Waals surface area contributed by atoms with Gasteiger partial charge in [-0.25, -0.2) is 0 Å². The van der Waals surface area contributed by atoms with Crippen LogP contribution in [0.4, 0.5) is 0 Å². The molecule has 2 aliphatic rings. The summed E-state index contributed by atoms with van der Waals surface area (Å²) in [5.41, 5.74) is 0. The van der Waals surface area contributed by atoms with Gasteiger partial charge < -0.3 is 15.1 Å². The lowest BCUT2D eigenvalue weighted by molar-refractivity contribution is -0.138. The predicted octanol–water partition coefficient (Wildman–Crippen LogP) is -0.0165. The van der Waals surface area contributed by atoms with Crippen LogP contribution in [-0.2, 0) is 14.4 Å². The second-order valence-corrected chi connectivity index (χ2v) is 5.45. The quantitative estimate of drug-likeness (QED) is 0.773. The molecule has 2 heterocycles. The molecule has 1 atom stereocenters. The molecule has 2 rings (SSSR count). The van der Waals surface area contributed by atoms with E-state index in [1.54, 1.807) is 0 Å². The molecule has 6 heteroatoms. The van der Waals surface area contributed by atoms with Gasteiger partial charge in [-0.1, -0.05) is 6.92 Å². The summed E-state index contributed by atoms with van der Waals surface area (Å²) in [5.74, 6) is 0.214. The van der Waals surface area contributed by atoms with Crippen molar-refractivity contribution in [2.24, 2.45) is 5.92 Å². The van der Waals surface area contributed by atoms with Crippen molar-refractivity contribution in [1.82, 2.24) is 15.1 Å². The summed E-state index contributed by atoms with van der Waals surface area (Å²) in [4.78, 5) is 39.0. The Morgan fingerprint density at radius 3 is 2.55 bits per heavy atom. The zero-order valence-corrected chi connectivity index (χ0v) is 12.1. The van der Waals surface area contributed by atoms with E-state index in [2.05, 4.69) is 5.32 Å². The zero-order chi connectivity index (χ0) is 14.5. The molecule has 1 N–H and O–H groups in total. The molecule has 0 aromatic heterocycles. The molecule has 6 nitrogen and oxygen atoms in total. The van der Waals surface area contributed by atoms with E-state index in [4.69, 9.17) is 0 Å². The number of carbonyl (C=O) groups is 3. The van der Waals surface area contributed by atoms with Gasteiger partial charge in [-0.05, 0) is 12.8 Å². The summed E-state index contributed by atoms with van der Waals surface area (Å²) in [6.07, 6.45) is 2.42. The summed E-state index contributed by atoms with van der Waals surface area (Å²) in [5, 5.41) is 2.75. The highest BCUT2D eigenvalue weighted by Gasteiger charge is 2.29. The smallest absolute Gasteiger partial charge is 0.227 e. The fourth-order valence-corrected chi connectivity index (χ4v) is 2.81. The summed E-state index contributed by atoms with van der Waals surface area (Å²) < 4.78 is 0. The van der Waals surface area contributed by atoms with E-state index in [1.165, 1.54) is 0 Å². The van der Waals surface area contributed by atoms with E-state index in [0.29, 0.717) is 45.4 Å². The maximum atomic E-state index is 12.4. The molecule has 20 heavy (non-hydrogen) atoms. The normalized spacial score (nSPS) is 24.1. The number of nitrogens with zero attached hydrogens (tertiary/aromatic N) is 2. The first kappa shape index (κ1) is 14.8. The van der Waals surface area contributed by atoms with Crippen LogP contribution in [0.5, 0.6) is 0 Å². The Bertz CT molecular complexity index is 387. The summed E-state index contributed by atoms with van der Waals surface area (Å²) in [6.45, 7) is 4.98. The number of hydrogen-bond donors (Lipinski definition) is 1. The summed E-state index contributed by atoms with van der Waals surface area (Å²) in [6, 6.07) is 0. The van der Waals surface area contributed by atoms with Gasteiger partial charge in [-0.2, -0.15) is 0 Å². The SMILES string of the molecule is CCC(=O)N1CCCN(C(=O)C2CCC(=O)NC2)CC1. The van der Waals surface area contributed by atoms with Crippen molar-refractivity contribution < 1.29 is 14.4 Å². The Labute approximate surface area is 119 Å². The predicted molar refractivity (Wildman–Crippen MR) is 73.8 cm³/mol. The third-order valence-electron chi connectivity index (χ3n) is 4.08. The van der Waals surface area contributed by atoms with Gasteiger partial charge in [0, 0.05) is 45.6 Å². The molecule has 3 amide bonds. The molecule has 0 saturated carbocycles. The second kappa shape index (κ2) is 6.72. The lowest BCUT2D eigenvalue weighted by atomic mass is 9.97. The first-order chi connectivity index (χ1) is 9.61. The minimum Gasteiger partial charge on any atom is -0.355 e. The molecule has 0 aromatic rings. The first-order valence-corrected chi connectivity index (χ1v) is 7.45. The van der Waals surface area contributed by atoms with Crippen LogP contribution in [0.25, 0.3) is 0 Å². The van der Waals surface area contributed by atoms with Gasteiger partial charge in [-0.3, -0.25) is 14.4 Å². The Hall–Kier alpha value is -1.59. The van der Waals surface area contributed by atoms with Crippen molar-refractivity contribution in [3.63, 3.8) is 0 Å². The molecular weight excluding hydrogens is 258 g/mol. The second-order valence-electron chi connectivity index (χ2n) is 5.45. The van der Waals surface area contributed by atoms with E-state index < -0.39 is 0 Å².